The molecule has 2 nitrogen and oxygen atoms in total. The lowest BCUT2D eigenvalue weighted by molar-refractivity contribution is 0.131. The zero-order chi connectivity index (χ0) is 12.2. The van der Waals surface area contributed by atoms with E-state index in [-0.39, 0.29) is 5.60 Å². The molecule has 0 aliphatic carbocycles. The van der Waals surface area contributed by atoms with Gasteiger partial charge in [0.15, 0.2) is 0 Å². The third kappa shape index (κ3) is 4.23. The van der Waals surface area contributed by atoms with Crippen molar-refractivity contribution < 1.29 is 4.74 Å². The molecule has 0 aliphatic rings. The van der Waals surface area contributed by atoms with Gasteiger partial charge in [0.25, 0.3) is 0 Å². The van der Waals surface area contributed by atoms with E-state index in [4.69, 9.17) is 4.74 Å². The zero-order valence-electron chi connectivity index (χ0n) is 11.0. The Balaban J connectivity index is 2.68. The summed E-state index contributed by atoms with van der Waals surface area (Å²) in [5, 5.41) is 3.19. The molecular formula is C14H23NO. The van der Waals surface area contributed by atoms with Gasteiger partial charge in [-0.25, -0.2) is 0 Å². The van der Waals surface area contributed by atoms with E-state index in [1.54, 1.807) is 0 Å². The topological polar surface area (TPSA) is 21.3 Å². The van der Waals surface area contributed by atoms with Crippen LogP contribution in [0.25, 0.3) is 0 Å². The normalized spacial score (nSPS) is 13.6. The van der Waals surface area contributed by atoms with Crippen molar-refractivity contribution in [3.8, 4) is 5.75 Å². The lowest BCUT2D eigenvalue weighted by Crippen LogP contribution is -2.22. The van der Waals surface area contributed by atoms with Crippen LogP contribution in [0.5, 0.6) is 5.75 Å². The lowest BCUT2D eigenvalue weighted by atomic mass is 10.0. The van der Waals surface area contributed by atoms with Crippen molar-refractivity contribution >= 4 is 0 Å². The van der Waals surface area contributed by atoms with Crippen LogP contribution in [0.1, 0.15) is 39.2 Å². The average molecular weight is 221 g/mol. The molecule has 1 aromatic carbocycles. The highest BCUT2D eigenvalue weighted by atomic mass is 16.5. The number of hydrogen-bond acceptors (Lipinski definition) is 2. The highest BCUT2D eigenvalue weighted by Gasteiger charge is 2.12. The Morgan fingerprint density at radius 3 is 2.19 bits per heavy atom. The molecule has 0 amide bonds. The number of ether oxygens (including phenoxy) is 1. The summed E-state index contributed by atoms with van der Waals surface area (Å²) in [5.74, 6) is 1.47. The molecule has 1 rings (SSSR count). The van der Waals surface area contributed by atoms with Crippen LogP contribution in [0.4, 0.5) is 0 Å². The second-order valence-corrected chi connectivity index (χ2v) is 5.24. The first-order chi connectivity index (χ1) is 7.42. The minimum atomic E-state index is -0.127. The van der Waals surface area contributed by atoms with Gasteiger partial charge >= 0.3 is 0 Å². The third-order valence-electron chi connectivity index (χ3n) is 2.38. The maximum atomic E-state index is 5.78. The summed E-state index contributed by atoms with van der Waals surface area (Å²) in [4.78, 5) is 0. The molecule has 0 aliphatic heterocycles. The first-order valence-corrected chi connectivity index (χ1v) is 5.86. The van der Waals surface area contributed by atoms with E-state index >= 15 is 0 Å². The first kappa shape index (κ1) is 13.0. The molecule has 2 heteroatoms. The molecule has 0 saturated carbocycles. The van der Waals surface area contributed by atoms with Gasteiger partial charge in [0.05, 0.1) is 0 Å². The highest BCUT2D eigenvalue weighted by Crippen LogP contribution is 2.21. The molecule has 0 fully saturated rings. The van der Waals surface area contributed by atoms with Crippen molar-refractivity contribution in [2.45, 2.75) is 39.2 Å². The van der Waals surface area contributed by atoms with Gasteiger partial charge in [0, 0.05) is 6.54 Å². The highest BCUT2D eigenvalue weighted by molar-refractivity contribution is 5.29. The Bertz CT molecular complexity index is 311. The molecule has 1 unspecified atom stereocenters. The summed E-state index contributed by atoms with van der Waals surface area (Å²) in [5.41, 5.74) is 1.22. The summed E-state index contributed by atoms with van der Waals surface area (Å²) in [6.07, 6.45) is 0. The van der Waals surface area contributed by atoms with E-state index in [1.807, 2.05) is 19.2 Å². The second kappa shape index (κ2) is 5.35. The minimum absolute atomic E-state index is 0.127. The lowest BCUT2D eigenvalue weighted by Gasteiger charge is -2.21. The van der Waals surface area contributed by atoms with Gasteiger partial charge in [0.1, 0.15) is 11.4 Å². The van der Waals surface area contributed by atoms with E-state index in [1.165, 1.54) is 5.56 Å². The molecule has 0 saturated heterocycles. The van der Waals surface area contributed by atoms with Gasteiger partial charge in [-0.3, -0.25) is 0 Å². The van der Waals surface area contributed by atoms with Crippen LogP contribution in [0.15, 0.2) is 24.3 Å². The van der Waals surface area contributed by atoms with E-state index in [0.717, 1.165) is 12.3 Å². The maximum absolute atomic E-state index is 5.78. The van der Waals surface area contributed by atoms with Crippen LogP contribution in [0, 0.1) is 0 Å². The fraction of sp³-hybridized carbons (Fsp3) is 0.571. The Hall–Kier alpha value is -1.02. The van der Waals surface area contributed by atoms with Gasteiger partial charge in [-0.1, -0.05) is 19.1 Å². The van der Waals surface area contributed by atoms with Crippen LogP contribution in [0.2, 0.25) is 0 Å². The maximum Gasteiger partial charge on any atom is 0.120 e. The molecule has 0 bridgehead atoms. The number of hydrogen-bond donors (Lipinski definition) is 1. The predicted molar refractivity (Wildman–Crippen MR) is 69.2 cm³/mol. The van der Waals surface area contributed by atoms with Crippen LogP contribution in [-0.2, 0) is 0 Å². The van der Waals surface area contributed by atoms with E-state index in [2.05, 4.69) is 45.1 Å². The van der Waals surface area contributed by atoms with E-state index in [9.17, 15) is 0 Å². The van der Waals surface area contributed by atoms with E-state index < -0.39 is 0 Å². The van der Waals surface area contributed by atoms with Crippen molar-refractivity contribution in [3.05, 3.63) is 29.8 Å². The van der Waals surface area contributed by atoms with Crippen LogP contribution in [0.3, 0.4) is 0 Å². The second-order valence-electron chi connectivity index (χ2n) is 5.24. The number of likely N-dealkylation sites (N-methyl/N-ethyl adjacent to an activating group) is 1. The quantitative estimate of drug-likeness (QED) is 0.843. The molecule has 90 valence electrons. The number of rotatable bonds is 4. The Kier molecular flexibility index (Phi) is 4.36. The summed E-state index contributed by atoms with van der Waals surface area (Å²) in [7, 11) is 1.98. The largest absolute Gasteiger partial charge is 0.488 e. The zero-order valence-corrected chi connectivity index (χ0v) is 11.0. The molecule has 0 spiro atoms. The van der Waals surface area contributed by atoms with Crippen molar-refractivity contribution in [1.82, 2.24) is 5.32 Å². The SMILES string of the molecule is CNCC(C)c1ccc(OC(C)(C)C)cc1. The number of nitrogens with one attached hydrogen (secondary N) is 1. The molecule has 16 heavy (non-hydrogen) atoms. The molecule has 0 radical (unpaired) electrons. The monoisotopic (exact) mass is 221 g/mol. The summed E-state index contributed by atoms with van der Waals surface area (Å²) >= 11 is 0. The van der Waals surface area contributed by atoms with Crippen molar-refractivity contribution in [2.24, 2.45) is 0 Å². The van der Waals surface area contributed by atoms with Crippen LogP contribution < -0.4 is 10.1 Å². The molecule has 1 atom stereocenters. The van der Waals surface area contributed by atoms with Crippen molar-refractivity contribution in [3.63, 3.8) is 0 Å². The molecule has 1 N–H and O–H groups in total. The van der Waals surface area contributed by atoms with Crippen LogP contribution >= 0.6 is 0 Å². The Labute approximate surface area is 99.0 Å². The standard InChI is InChI=1S/C14H23NO/c1-11(10-15-5)12-6-8-13(9-7-12)16-14(2,3)4/h6-9,11,15H,10H2,1-5H3. The fourth-order valence-electron chi connectivity index (χ4n) is 1.64. The average Bonchev–Trinajstić information content (AvgIpc) is 2.16. The molecule has 1 aromatic rings. The van der Waals surface area contributed by atoms with Gasteiger partial charge in [-0.05, 0) is 51.4 Å². The molecular weight excluding hydrogens is 198 g/mol. The smallest absolute Gasteiger partial charge is 0.120 e. The summed E-state index contributed by atoms with van der Waals surface area (Å²) in [6.45, 7) is 9.40. The van der Waals surface area contributed by atoms with Gasteiger partial charge < -0.3 is 10.1 Å². The Morgan fingerprint density at radius 2 is 1.75 bits per heavy atom. The van der Waals surface area contributed by atoms with Gasteiger partial charge in [-0.15, -0.1) is 0 Å². The Morgan fingerprint density at radius 1 is 1.19 bits per heavy atom. The van der Waals surface area contributed by atoms with E-state index in [0.29, 0.717) is 5.92 Å². The number of benzene rings is 1. The third-order valence-corrected chi connectivity index (χ3v) is 2.38. The van der Waals surface area contributed by atoms with Crippen molar-refractivity contribution in [2.75, 3.05) is 13.6 Å². The van der Waals surface area contributed by atoms with Crippen molar-refractivity contribution in [1.29, 1.82) is 0 Å². The summed E-state index contributed by atoms with van der Waals surface area (Å²) < 4.78 is 5.78. The molecule has 0 heterocycles. The van der Waals surface area contributed by atoms with Gasteiger partial charge in [-0.2, -0.15) is 0 Å². The minimum Gasteiger partial charge on any atom is -0.488 e. The first-order valence-electron chi connectivity index (χ1n) is 5.86. The fourth-order valence-corrected chi connectivity index (χ4v) is 1.64. The predicted octanol–water partition coefficient (Wildman–Crippen LogP) is 3.19. The van der Waals surface area contributed by atoms with Crippen LogP contribution in [-0.4, -0.2) is 19.2 Å². The molecule has 0 aromatic heterocycles. The summed E-state index contributed by atoms with van der Waals surface area (Å²) in [6, 6.07) is 8.38. The van der Waals surface area contributed by atoms with Gasteiger partial charge in [0.2, 0.25) is 0 Å².